The van der Waals surface area contributed by atoms with Crippen LogP contribution in [-0.2, 0) is 10.0 Å². The molecule has 9 heteroatoms. The van der Waals surface area contributed by atoms with Gasteiger partial charge in [-0.05, 0) is 42.3 Å². The standard InChI is InChI=1S/C24H29N3O5S/c1-5-21(16-8-10-17(32-4)11-9-16)26-24(29)20-15-23(28)25-22-13-12-18(14-19(20)22)33(30,31)27(6-2)7-3/h8-15,21H,5-7H2,1-4H3,(H,25,28)(H,26,29). The van der Waals surface area contributed by atoms with Gasteiger partial charge in [-0.25, -0.2) is 8.42 Å². The summed E-state index contributed by atoms with van der Waals surface area (Å²) in [4.78, 5) is 28.2. The van der Waals surface area contributed by atoms with E-state index in [4.69, 9.17) is 4.74 Å². The van der Waals surface area contributed by atoms with Crippen molar-refractivity contribution in [1.29, 1.82) is 0 Å². The van der Waals surface area contributed by atoms with Gasteiger partial charge in [-0.2, -0.15) is 4.31 Å². The van der Waals surface area contributed by atoms with Gasteiger partial charge in [0, 0.05) is 30.1 Å². The molecule has 0 saturated carbocycles. The first-order valence-electron chi connectivity index (χ1n) is 10.9. The van der Waals surface area contributed by atoms with Crippen molar-refractivity contribution in [3.8, 4) is 5.75 Å². The largest absolute Gasteiger partial charge is 0.497 e. The van der Waals surface area contributed by atoms with E-state index in [0.717, 1.165) is 5.56 Å². The Hall–Kier alpha value is -3.17. The third-order valence-corrected chi connectivity index (χ3v) is 7.68. The first-order valence-corrected chi connectivity index (χ1v) is 12.3. The quantitative estimate of drug-likeness (QED) is 0.497. The molecule has 3 aromatic rings. The number of aromatic nitrogens is 1. The van der Waals surface area contributed by atoms with Crippen molar-refractivity contribution in [2.45, 2.75) is 38.1 Å². The molecule has 1 aromatic heterocycles. The Morgan fingerprint density at radius 2 is 1.73 bits per heavy atom. The third-order valence-electron chi connectivity index (χ3n) is 5.63. The van der Waals surface area contributed by atoms with Gasteiger partial charge in [0.15, 0.2) is 0 Å². The number of ether oxygens (including phenoxy) is 1. The second-order valence-corrected chi connectivity index (χ2v) is 9.49. The molecule has 0 bridgehead atoms. The molecule has 0 fully saturated rings. The van der Waals surface area contributed by atoms with Crippen LogP contribution in [0.4, 0.5) is 0 Å². The Morgan fingerprint density at radius 1 is 1.06 bits per heavy atom. The average Bonchev–Trinajstić information content (AvgIpc) is 2.82. The van der Waals surface area contributed by atoms with Crippen molar-refractivity contribution in [3.05, 3.63) is 70.0 Å². The molecule has 1 unspecified atom stereocenters. The number of methoxy groups -OCH3 is 1. The smallest absolute Gasteiger partial charge is 0.252 e. The second kappa shape index (κ2) is 10.2. The molecule has 176 valence electrons. The molecule has 0 saturated heterocycles. The number of hydrogen-bond acceptors (Lipinski definition) is 5. The molecule has 33 heavy (non-hydrogen) atoms. The third kappa shape index (κ3) is 5.09. The molecule has 1 amide bonds. The predicted octanol–water partition coefficient (Wildman–Crippen LogP) is 3.45. The predicted molar refractivity (Wildman–Crippen MR) is 128 cm³/mol. The van der Waals surface area contributed by atoms with Crippen molar-refractivity contribution in [3.63, 3.8) is 0 Å². The van der Waals surface area contributed by atoms with Crippen LogP contribution in [0.3, 0.4) is 0 Å². The van der Waals surface area contributed by atoms with E-state index >= 15 is 0 Å². The number of H-pyrrole nitrogens is 1. The van der Waals surface area contributed by atoms with Crippen LogP contribution in [0.25, 0.3) is 10.9 Å². The van der Waals surface area contributed by atoms with Crippen LogP contribution >= 0.6 is 0 Å². The van der Waals surface area contributed by atoms with Gasteiger partial charge >= 0.3 is 0 Å². The fraction of sp³-hybridized carbons (Fsp3) is 0.333. The maximum absolute atomic E-state index is 13.2. The van der Waals surface area contributed by atoms with Gasteiger partial charge in [-0.1, -0.05) is 32.9 Å². The zero-order valence-corrected chi connectivity index (χ0v) is 20.0. The summed E-state index contributed by atoms with van der Waals surface area (Å²) in [5, 5.41) is 3.33. The Morgan fingerprint density at radius 3 is 2.30 bits per heavy atom. The molecule has 0 aliphatic heterocycles. The van der Waals surface area contributed by atoms with Crippen LogP contribution in [0.1, 0.15) is 49.2 Å². The van der Waals surface area contributed by atoms with Gasteiger partial charge in [0.05, 0.1) is 23.6 Å². The summed E-state index contributed by atoms with van der Waals surface area (Å²) in [6.07, 6.45) is 0.626. The first kappa shape index (κ1) is 24.5. The molecule has 0 radical (unpaired) electrons. The number of nitrogens with zero attached hydrogens (tertiary/aromatic N) is 1. The number of benzene rings is 2. The number of rotatable bonds is 9. The normalized spacial score (nSPS) is 12.6. The van der Waals surface area contributed by atoms with E-state index in [1.165, 1.54) is 28.6 Å². The summed E-state index contributed by atoms with van der Waals surface area (Å²) < 4.78 is 32.5. The number of carbonyl (C=O) groups excluding carboxylic acids is 1. The number of sulfonamides is 1. The lowest BCUT2D eigenvalue weighted by Gasteiger charge is -2.20. The van der Waals surface area contributed by atoms with Crippen LogP contribution in [0.5, 0.6) is 5.75 Å². The number of pyridine rings is 1. The van der Waals surface area contributed by atoms with Gasteiger partial charge in [-0.15, -0.1) is 0 Å². The molecule has 2 aromatic carbocycles. The van der Waals surface area contributed by atoms with Crippen molar-refractivity contribution >= 4 is 26.8 Å². The van der Waals surface area contributed by atoms with Gasteiger partial charge in [0.1, 0.15) is 5.75 Å². The minimum Gasteiger partial charge on any atom is -0.497 e. The van der Waals surface area contributed by atoms with Crippen molar-refractivity contribution in [1.82, 2.24) is 14.6 Å². The highest BCUT2D eigenvalue weighted by Crippen LogP contribution is 2.25. The molecule has 0 aliphatic carbocycles. The highest BCUT2D eigenvalue weighted by Gasteiger charge is 2.24. The zero-order chi connectivity index (χ0) is 24.2. The van der Waals surface area contributed by atoms with Gasteiger partial charge in [-0.3, -0.25) is 9.59 Å². The maximum Gasteiger partial charge on any atom is 0.252 e. The number of aromatic amines is 1. The molecule has 3 rings (SSSR count). The van der Waals surface area contributed by atoms with Crippen LogP contribution in [0, 0.1) is 0 Å². The van der Waals surface area contributed by atoms with Crippen LogP contribution < -0.4 is 15.6 Å². The monoisotopic (exact) mass is 471 g/mol. The first-order chi connectivity index (χ1) is 15.7. The van der Waals surface area contributed by atoms with Crippen LogP contribution in [0.15, 0.2) is 58.2 Å². The minimum absolute atomic E-state index is 0.0713. The number of amides is 1. The zero-order valence-electron chi connectivity index (χ0n) is 19.2. The minimum atomic E-state index is -3.72. The number of carbonyl (C=O) groups is 1. The second-order valence-electron chi connectivity index (χ2n) is 7.55. The van der Waals surface area contributed by atoms with E-state index in [1.807, 2.05) is 31.2 Å². The molecule has 2 N–H and O–H groups in total. The topological polar surface area (TPSA) is 109 Å². The SMILES string of the molecule is CCC(NC(=O)c1cc(=O)[nH]c2ccc(S(=O)(=O)N(CC)CC)cc12)c1ccc(OC)cc1. The Balaban J connectivity index is 2.03. The number of nitrogens with one attached hydrogen (secondary N) is 2. The Labute approximate surface area is 193 Å². The van der Waals surface area contributed by atoms with Crippen molar-refractivity contribution in [2.75, 3.05) is 20.2 Å². The van der Waals surface area contributed by atoms with E-state index in [9.17, 15) is 18.0 Å². The fourth-order valence-electron chi connectivity index (χ4n) is 3.79. The fourth-order valence-corrected chi connectivity index (χ4v) is 5.27. The van der Waals surface area contributed by atoms with E-state index in [2.05, 4.69) is 10.3 Å². The van der Waals surface area contributed by atoms with Crippen LogP contribution in [-0.4, -0.2) is 43.8 Å². The highest BCUT2D eigenvalue weighted by molar-refractivity contribution is 7.89. The summed E-state index contributed by atoms with van der Waals surface area (Å²) in [6.45, 7) is 6.14. The van der Waals surface area contributed by atoms with Gasteiger partial charge in [0.25, 0.3) is 5.91 Å². The molecule has 0 aliphatic rings. The van der Waals surface area contributed by atoms with E-state index in [1.54, 1.807) is 21.0 Å². The van der Waals surface area contributed by atoms with E-state index in [-0.39, 0.29) is 16.5 Å². The number of hydrogen-bond donors (Lipinski definition) is 2. The van der Waals surface area contributed by atoms with Crippen LogP contribution in [0.2, 0.25) is 0 Å². The van der Waals surface area contributed by atoms with E-state index in [0.29, 0.717) is 36.2 Å². The maximum atomic E-state index is 13.2. The molecular formula is C24H29N3O5S. The number of fused-ring (bicyclic) bond motifs is 1. The Bertz CT molecular complexity index is 1300. The summed E-state index contributed by atoms with van der Waals surface area (Å²) in [7, 11) is -2.14. The van der Waals surface area contributed by atoms with Crippen molar-refractivity contribution < 1.29 is 17.9 Å². The van der Waals surface area contributed by atoms with Gasteiger partial charge in [0.2, 0.25) is 15.6 Å². The lowest BCUT2D eigenvalue weighted by atomic mass is 10.0. The molecule has 8 nitrogen and oxygen atoms in total. The summed E-state index contributed by atoms with van der Waals surface area (Å²) >= 11 is 0. The average molecular weight is 472 g/mol. The summed E-state index contributed by atoms with van der Waals surface area (Å²) in [6, 6.07) is 12.7. The van der Waals surface area contributed by atoms with Gasteiger partial charge < -0.3 is 15.0 Å². The van der Waals surface area contributed by atoms with E-state index < -0.39 is 21.5 Å². The highest BCUT2D eigenvalue weighted by atomic mass is 32.2. The molecule has 1 atom stereocenters. The summed E-state index contributed by atoms with van der Waals surface area (Å²) in [5.74, 6) is 0.258. The molecule has 1 heterocycles. The molecule has 0 spiro atoms. The lowest BCUT2D eigenvalue weighted by molar-refractivity contribution is 0.0937. The van der Waals surface area contributed by atoms with Crippen molar-refractivity contribution in [2.24, 2.45) is 0 Å². The molecular weight excluding hydrogens is 442 g/mol. The summed E-state index contributed by atoms with van der Waals surface area (Å²) in [5.41, 5.74) is 0.969. The lowest BCUT2D eigenvalue weighted by Crippen LogP contribution is -2.31. The Kier molecular flexibility index (Phi) is 7.55.